The molecule has 1 aliphatic carbocycles. The summed E-state index contributed by atoms with van der Waals surface area (Å²) < 4.78 is 36.2. The van der Waals surface area contributed by atoms with E-state index < -0.39 is 79.1 Å². The number of carbonyl (C=O) groups excluding carboxylic acids is 2. The van der Waals surface area contributed by atoms with Gasteiger partial charge >= 0.3 is 12.2 Å². The zero-order valence-corrected chi connectivity index (χ0v) is 31.2. The van der Waals surface area contributed by atoms with E-state index in [2.05, 4.69) is 22.8 Å². The number of nitrogens with one attached hydrogen (secondary N) is 2. The van der Waals surface area contributed by atoms with Crippen LogP contribution in [0.5, 0.6) is 0 Å². The second-order valence-corrected chi connectivity index (χ2v) is 15.3. The van der Waals surface area contributed by atoms with Crippen LogP contribution < -0.4 is 10.6 Å². The number of benzene rings is 2. The monoisotopic (exact) mass is 738 g/mol. The van der Waals surface area contributed by atoms with Crippen LogP contribution in [0.1, 0.15) is 70.9 Å². The van der Waals surface area contributed by atoms with Crippen molar-refractivity contribution >= 4 is 12.2 Å². The SMILES string of the molecule is CO[C@@]1(C[C@@H](O)C(C)C)CC2OC(=O)N[C@H]2[C@H](C[C@H](/C=C/C(C)C)OC2OC(C)C(O)C(NC(=O)OCC3c4ccccc4-c4ccccc43)C2O)O1. The fourth-order valence-corrected chi connectivity index (χ4v) is 7.80. The average molecular weight is 739 g/mol. The molecule has 0 saturated carbocycles. The maximum atomic E-state index is 13.3. The van der Waals surface area contributed by atoms with Gasteiger partial charge in [0.25, 0.3) is 0 Å². The van der Waals surface area contributed by atoms with Crippen LogP contribution in [0.2, 0.25) is 0 Å². The van der Waals surface area contributed by atoms with Crippen LogP contribution in [0.15, 0.2) is 60.7 Å². The lowest BCUT2D eigenvalue weighted by atomic mass is 9.86. The Morgan fingerprint density at radius 3 is 2.32 bits per heavy atom. The molecule has 2 aromatic rings. The highest BCUT2D eigenvalue weighted by atomic mass is 16.7. The van der Waals surface area contributed by atoms with Crippen molar-refractivity contribution in [3.8, 4) is 11.1 Å². The van der Waals surface area contributed by atoms with Crippen molar-refractivity contribution in [2.45, 2.75) is 127 Å². The summed E-state index contributed by atoms with van der Waals surface area (Å²) >= 11 is 0. The van der Waals surface area contributed by atoms with Crippen LogP contribution in [0.25, 0.3) is 11.1 Å². The van der Waals surface area contributed by atoms with Crippen molar-refractivity contribution < 1.29 is 53.3 Å². The number of alkyl carbamates (subject to hydrolysis) is 2. The van der Waals surface area contributed by atoms with Crippen LogP contribution in [-0.2, 0) is 28.4 Å². The van der Waals surface area contributed by atoms with E-state index >= 15 is 0 Å². The molecule has 5 N–H and O–H groups in total. The molecule has 6 unspecified atom stereocenters. The molecule has 13 heteroatoms. The number of methoxy groups -OCH3 is 1. The third-order valence-electron chi connectivity index (χ3n) is 10.8. The van der Waals surface area contributed by atoms with E-state index in [-0.39, 0.29) is 43.6 Å². The van der Waals surface area contributed by atoms with Crippen molar-refractivity contribution in [2.24, 2.45) is 11.8 Å². The van der Waals surface area contributed by atoms with E-state index in [9.17, 15) is 24.9 Å². The minimum absolute atomic E-state index is 0.0617. The van der Waals surface area contributed by atoms with Gasteiger partial charge in [-0.2, -0.15) is 0 Å². The molecule has 2 amide bonds. The summed E-state index contributed by atoms with van der Waals surface area (Å²) in [6.07, 6.45) is -4.56. The predicted molar refractivity (Wildman–Crippen MR) is 194 cm³/mol. The minimum Gasteiger partial charge on any atom is -0.449 e. The first kappa shape index (κ1) is 39.1. The van der Waals surface area contributed by atoms with Gasteiger partial charge in [-0.15, -0.1) is 0 Å². The van der Waals surface area contributed by atoms with Gasteiger partial charge < -0.3 is 54.4 Å². The number of amides is 2. The van der Waals surface area contributed by atoms with Crippen LogP contribution in [0, 0.1) is 11.8 Å². The summed E-state index contributed by atoms with van der Waals surface area (Å²) in [5.74, 6) is -1.31. The van der Waals surface area contributed by atoms with E-state index in [0.717, 1.165) is 22.3 Å². The zero-order valence-electron chi connectivity index (χ0n) is 31.2. The smallest absolute Gasteiger partial charge is 0.407 e. The number of hydrogen-bond donors (Lipinski definition) is 5. The Labute approximate surface area is 310 Å². The molecular weight excluding hydrogens is 684 g/mol. The van der Waals surface area contributed by atoms with Crippen molar-refractivity contribution in [1.29, 1.82) is 0 Å². The molecule has 6 rings (SSSR count). The molecule has 3 heterocycles. The highest BCUT2D eigenvalue weighted by Gasteiger charge is 2.54. The fraction of sp³-hybridized carbons (Fsp3) is 0.600. The molecule has 4 aliphatic rings. The standard InChI is InChI=1S/C40H54N2O11/c1-21(2)15-16-24(17-31-33-32(52-39(47)41-33)19-40(48-6,53-31)18-30(43)22(3)4)51-37-36(45)34(35(44)23(5)50-37)42-38(46)49-20-29-27-13-9-7-11-25(27)26-12-8-10-14-28(26)29/h7-16,21-24,29-37,43-45H,17-20H2,1-6H3,(H,41,47)(H,42,46)/b16-15+/t23?,24-,30+,31-,32?,33-,34?,35?,36?,37?,40+/m0/s1. The van der Waals surface area contributed by atoms with Crippen molar-refractivity contribution in [1.82, 2.24) is 10.6 Å². The van der Waals surface area contributed by atoms with E-state index in [1.165, 1.54) is 7.11 Å². The number of carbonyl (C=O) groups is 2. The first-order valence-corrected chi connectivity index (χ1v) is 18.6. The Morgan fingerprint density at radius 1 is 1.04 bits per heavy atom. The molecule has 0 bridgehead atoms. The Kier molecular flexibility index (Phi) is 12.1. The van der Waals surface area contributed by atoms with Crippen LogP contribution in [0.3, 0.4) is 0 Å². The van der Waals surface area contributed by atoms with Crippen molar-refractivity contribution in [3.63, 3.8) is 0 Å². The number of rotatable bonds is 13. The molecule has 3 fully saturated rings. The summed E-state index contributed by atoms with van der Waals surface area (Å²) in [7, 11) is 1.50. The molecule has 0 radical (unpaired) electrons. The molecule has 3 aliphatic heterocycles. The number of fused-ring (bicyclic) bond motifs is 4. The minimum atomic E-state index is -1.48. The maximum absolute atomic E-state index is 13.3. The molecule has 3 saturated heterocycles. The predicted octanol–water partition coefficient (Wildman–Crippen LogP) is 4.36. The van der Waals surface area contributed by atoms with Gasteiger partial charge in [-0.1, -0.05) is 88.4 Å². The first-order chi connectivity index (χ1) is 25.3. The van der Waals surface area contributed by atoms with Gasteiger partial charge in [0.2, 0.25) is 0 Å². The second kappa shape index (κ2) is 16.4. The summed E-state index contributed by atoms with van der Waals surface area (Å²) in [6.45, 7) is 9.51. The Hall–Kier alpha value is -3.56. The normalized spacial score (nSPS) is 32.2. The van der Waals surface area contributed by atoms with E-state index in [1.807, 2.05) is 76.2 Å². The Balaban J connectivity index is 1.15. The first-order valence-electron chi connectivity index (χ1n) is 18.6. The van der Waals surface area contributed by atoms with E-state index in [4.69, 9.17) is 28.4 Å². The Bertz CT molecular complexity index is 1570. The summed E-state index contributed by atoms with van der Waals surface area (Å²) in [4.78, 5) is 25.7. The molecular formula is C40H54N2O11. The Morgan fingerprint density at radius 2 is 1.70 bits per heavy atom. The summed E-state index contributed by atoms with van der Waals surface area (Å²) in [5, 5.41) is 38.9. The average Bonchev–Trinajstić information content (AvgIpc) is 3.66. The van der Waals surface area contributed by atoms with E-state index in [1.54, 1.807) is 6.92 Å². The highest BCUT2D eigenvalue weighted by molar-refractivity contribution is 5.79. The number of aliphatic hydroxyl groups is 3. The molecule has 0 aromatic heterocycles. The van der Waals surface area contributed by atoms with Gasteiger partial charge in [0.1, 0.15) is 24.9 Å². The van der Waals surface area contributed by atoms with Crippen LogP contribution >= 0.6 is 0 Å². The molecule has 13 nitrogen and oxygen atoms in total. The topological polar surface area (TPSA) is 174 Å². The third kappa shape index (κ3) is 8.57. The van der Waals surface area contributed by atoms with Crippen molar-refractivity contribution in [2.75, 3.05) is 13.7 Å². The fourth-order valence-electron chi connectivity index (χ4n) is 7.80. The molecule has 53 heavy (non-hydrogen) atoms. The summed E-state index contributed by atoms with van der Waals surface area (Å²) in [5.41, 5.74) is 4.32. The molecule has 0 spiro atoms. The number of aliphatic hydroxyl groups excluding tert-OH is 3. The lowest BCUT2D eigenvalue weighted by Crippen LogP contribution is -2.64. The van der Waals surface area contributed by atoms with Crippen LogP contribution in [-0.4, -0.2) is 108 Å². The largest absolute Gasteiger partial charge is 0.449 e. The van der Waals surface area contributed by atoms with Crippen LogP contribution in [0.4, 0.5) is 9.59 Å². The van der Waals surface area contributed by atoms with Gasteiger partial charge in [0.15, 0.2) is 12.1 Å². The number of hydrogen-bond acceptors (Lipinski definition) is 11. The zero-order chi connectivity index (χ0) is 38.0. The van der Waals surface area contributed by atoms with Gasteiger partial charge in [0, 0.05) is 32.3 Å². The van der Waals surface area contributed by atoms with Gasteiger partial charge in [0.05, 0.1) is 36.5 Å². The highest BCUT2D eigenvalue weighted by Crippen LogP contribution is 2.45. The summed E-state index contributed by atoms with van der Waals surface area (Å²) in [6, 6.07) is 14.3. The quantitative estimate of drug-likeness (QED) is 0.185. The number of ether oxygens (including phenoxy) is 6. The molecule has 2 aromatic carbocycles. The van der Waals surface area contributed by atoms with E-state index in [0.29, 0.717) is 0 Å². The lowest BCUT2D eigenvalue weighted by molar-refractivity contribution is -0.307. The van der Waals surface area contributed by atoms with Crippen molar-refractivity contribution in [3.05, 3.63) is 71.8 Å². The van der Waals surface area contributed by atoms with Gasteiger partial charge in [-0.25, -0.2) is 9.59 Å². The third-order valence-corrected chi connectivity index (χ3v) is 10.8. The lowest BCUT2D eigenvalue weighted by Gasteiger charge is -2.46. The maximum Gasteiger partial charge on any atom is 0.407 e. The van der Waals surface area contributed by atoms with Gasteiger partial charge in [-0.05, 0) is 41.0 Å². The van der Waals surface area contributed by atoms with Gasteiger partial charge in [-0.3, -0.25) is 0 Å². The number of allylic oxidation sites excluding steroid dienone is 1. The molecule has 290 valence electrons. The second-order valence-electron chi connectivity index (χ2n) is 15.3. The molecule has 11 atom stereocenters.